The highest BCUT2D eigenvalue weighted by Crippen LogP contribution is 2.04. The summed E-state index contributed by atoms with van der Waals surface area (Å²) in [5.74, 6) is 0.980. The molecule has 0 unspecified atom stereocenters. The Balaban J connectivity index is 2.41. The van der Waals surface area contributed by atoms with E-state index in [4.69, 9.17) is 5.73 Å². The van der Waals surface area contributed by atoms with Crippen molar-refractivity contribution in [3.05, 3.63) is 51.8 Å². The van der Waals surface area contributed by atoms with Crippen molar-refractivity contribution < 1.29 is 0 Å². The Morgan fingerprint density at radius 1 is 1.29 bits per heavy atom. The van der Waals surface area contributed by atoms with Gasteiger partial charge in [0.05, 0.1) is 6.54 Å². The van der Waals surface area contributed by atoms with Crippen LogP contribution in [0.3, 0.4) is 0 Å². The van der Waals surface area contributed by atoms with Gasteiger partial charge in [0.15, 0.2) is 5.82 Å². The van der Waals surface area contributed by atoms with Crippen LogP contribution >= 0.6 is 0 Å². The summed E-state index contributed by atoms with van der Waals surface area (Å²) in [6.07, 6.45) is 0. The molecular weight excluding hydrogens is 216 g/mol. The first-order chi connectivity index (χ1) is 8.06. The molecule has 0 aromatic carbocycles. The van der Waals surface area contributed by atoms with Gasteiger partial charge in [-0.25, -0.2) is 9.97 Å². The van der Waals surface area contributed by atoms with Gasteiger partial charge in [0.25, 0.3) is 5.56 Å². The third-order valence-corrected chi connectivity index (χ3v) is 2.49. The molecule has 5 nitrogen and oxygen atoms in total. The van der Waals surface area contributed by atoms with Gasteiger partial charge in [-0.2, -0.15) is 0 Å². The molecule has 0 aliphatic carbocycles. The minimum Gasteiger partial charge on any atom is -0.384 e. The van der Waals surface area contributed by atoms with E-state index in [0.717, 1.165) is 11.4 Å². The van der Waals surface area contributed by atoms with Crippen molar-refractivity contribution in [2.45, 2.75) is 20.4 Å². The molecule has 2 aromatic rings. The topological polar surface area (TPSA) is 73.8 Å². The molecule has 2 aromatic heterocycles. The summed E-state index contributed by atoms with van der Waals surface area (Å²) in [5, 5.41) is 0. The minimum absolute atomic E-state index is 0.0614. The molecule has 5 heteroatoms. The smallest absolute Gasteiger partial charge is 0.251 e. The van der Waals surface area contributed by atoms with Crippen LogP contribution in [0.15, 0.2) is 29.1 Å². The highest BCUT2D eigenvalue weighted by Gasteiger charge is 2.04. The van der Waals surface area contributed by atoms with Crippen LogP contribution in [0.5, 0.6) is 0 Å². The second-order valence-electron chi connectivity index (χ2n) is 3.94. The molecule has 0 aliphatic heterocycles. The summed E-state index contributed by atoms with van der Waals surface area (Å²) in [6, 6.07) is 6.83. The number of rotatable bonds is 2. The molecule has 0 radical (unpaired) electrons. The number of hydrogen-bond acceptors (Lipinski definition) is 4. The molecule has 2 heterocycles. The Bertz CT molecular complexity index is 583. The molecule has 0 fully saturated rings. The molecule has 17 heavy (non-hydrogen) atoms. The maximum atomic E-state index is 11.7. The lowest BCUT2D eigenvalue weighted by Gasteiger charge is -2.09. The molecule has 0 saturated carbocycles. The number of nitrogens with two attached hydrogens (primary N) is 1. The second kappa shape index (κ2) is 4.37. The van der Waals surface area contributed by atoms with Crippen LogP contribution in [0.2, 0.25) is 0 Å². The number of hydrogen-bond donors (Lipinski definition) is 1. The van der Waals surface area contributed by atoms with Gasteiger partial charge in [-0.15, -0.1) is 0 Å². The van der Waals surface area contributed by atoms with E-state index in [9.17, 15) is 4.79 Å². The van der Waals surface area contributed by atoms with Crippen molar-refractivity contribution in [2.24, 2.45) is 0 Å². The zero-order valence-electron chi connectivity index (χ0n) is 9.84. The van der Waals surface area contributed by atoms with E-state index in [-0.39, 0.29) is 5.56 Å². The van der Waals surface area contributed by atoms with Gasteiger partial charge in [-0.3, -0.25) is 4.79 Å². The van der Waals surface area contributed by atoms with Gasteiger partial charge < -0.3 is 10.3 Å². The molecule has 88 valence electrons. The molecule has 2 N–H and O–H groups in total. The number of aryl methyl sites for hydroxylation is 2. The molecule has 0 amide bonds. The number of anilines is 1. The Kier molecular flexibility index (Phi) is 2.91. The molecule has 0 atom stereocenters. The van der Waals surface area contributed by atoms with E-state index in [1.54, 1.807) is 16.7 Å². The predicted octanol–water partition coefficient (Wildman–Crippen LogP) is 0.886. The normalized spacial score (nSPS) is 10.5. The highest BCUT2D eigenvalue weighted by atomic mass is 16.1. The molecule has 0 spiro atoms. The summed E-state index contributed by atoms with van der Waals surface area (Å²) in [4.78, 5) is 20.1. The van der Waals surface area contributed by atoms with Crippen molar-refractivity contribution in [1.82, 2.24) is 14.5 Å². The largest absolute Gasteiger partial charge is 0.384 e. The average Bonchev–Trinajstić information content (AvgIpc) is 2.22. The Hall–Kier alpha value is -2.17. The molecule has 2 rings (SSSR count). The zero-order valence-corrected chi connectivity index (χ0v) is 9.84. The standard InChI is InChI=1S/C12H14N4O/c1-8-6-10(13)15-11(14-8)7-16-9(2)4-3-5-12(16)17/h3-6H,7H2,1-2H3,(H2,13,14,15). The molecule has 0 saturated heterocycles. The van der Waals surface area contributed by atoms with Crippen LogP contribution in [-0.2, 0) is 6.54 Å². The molecule has 0 aliphatic rings. The van der Waals surface area contributed by atoms with Gasteiger partial charge in [-0.1, -0.05) is 6.07 Å². The van der Waals surface area contributed by atoms with Crippen molar-refractivity contribution in [3.63, 3.8) is 0 Å². The second-order valence-corrected chi connectivity index (χ2v) is 3.94. The van der Waals surface area contributed by atoms with Gasteiger partial charge in [0.2, 0.25) is 0 Å². The summed E-state index contributed by atoms with van der Waals surface area (Å²) in [6.45, 7) is 4.07. The first-order valence-corrected chi connectivity index (χ1v) is 5.33. The van der Waals surface area contributed by atoms with Gasteiger partial charge in [0.1, 0.15) is 5.82 Å². The summed E-state index contributed by atoms with van der Waals surface area (Å²) < 4.78 is 1.62. The fourth-order valence-electron chi connectivity index (χ4n) is 1.69. The van der Waals surface area contributed by atoms with Crippen LogP contribution in [0.1, 0.15) is 17.2 Å². The fourth-order valence-corrected chi connectivity index (χ4v) is 1.69. The first-order valence-electron chi connectivity index (χ1n) is 5.33. The highest BCUT2D eigenvalue weighted by molar-refractivity contribution is 5.29. The first kappa shape index (κ1) is 11.3. The van der Waals surface area contributed by atoms with Crippen molar-refractivity contribution in [1.29, 1.82) is 0 Å². The lowest BCUT2D eigenvalue weighted by molar-refractivity contribution is 0.690. The summed E-state index contributed by atoms with van der Waals surface area (Å²) in [7, 11) is 0. The van der Waals surface area contributed by atoms with Gasteiger partial charge >= 0.3 is 0 Å². The third kappa shape index (κ3) is 2.50. The Morgan fingerprint density at radius 3 is 2.71 bits per heavy atom. The quantitative estimate of drug-likeness (QED) is 0.831. The minimum atomic E-state index is -0.0614. The fraction of sp³-hybridized carbons (Fsp3) is 0.250. The van der Waals surface area contributed by atoms with E-state index >= 15 is 0 Å². The van der Waals surface area contributed by atoms with Gasteiger partial charge in [-0.05, 0) is 19.9 Å². The number of nitrogen functional groups attached to an aromatic ring is 1. The summed E-state index contributed by atoms with van der Waals surface area (Å²) in [5.41, 5.74) is 7.27. The van der Waals surface area contributed by atoms with E-state index in [1.807, 2.05) is 19.9 Å². The monoisotopic (exact) mass is 230 g/mol. The zero-order chi connectivity index (χ0) is 12.4. The van der Waals surface area contributed by atoms with E-state index in [0.29, 0.717) is 18.2 Å². The van der Waals surface area contributed by atoms with E-state index in [2.05, 4.69) is 9.97 Å². The van der Waals surface area contributed by atoms with E-state index in [1.165, 1.54) is 6.07 Å². The Morgan fingerprint density at radius 2 is 2.06 bits per heavy atom. The number of pyridine rings is 1. The van der Waals surface area contributed by atoms with Gasteiger partial charge in [0, 0.05) is 23.5 Å². The SMILES string of the molecule is Cc1cc(N)nc(Cn2c(C)cccc2=O)n1. The Labute approximate surface area is 99.0 Å². The lowest BCUT2D eigenvalue weighted by Crippen LogP contribution is -2.22. The van der Waals surface area contributed by atoms with Crippen LogP contribution in [0.4, 0.5) is 5.82 Å². The number of aromatic nitrogens is 3. The number of nitrogens with zero attached hydrogens (tertiary/aromatic N) is 3. The molecular formula is C12H14N4O. The maximum absolute atomic E-state index is 11.7. The maximum Gasteiger partial charge on any atom is 0.251 e. The van der Waals surface area contributed by atoms with Crippen LogP contribution in [-0.4, -0.2) is 14.5 Å². The van der Waals surface area contributed by atoms with Crippen LogP contribution in [0.25, 0.3) is 0 Å². The van der Waals surface area contributed by atoms with Crippen molar-refractivity contribution in [2.75, 3.05) is 5.73 Å². The van der Waals surface area contributed by atoms with E-state index < -0.39 is 0 Å². The average molecular weight is 230 g/mol. The third-order valence-electron chi connectivity index (χ3n) is 2.49. The van der Waals surface area contributed by atoms with Crippen LogP contribution in [0, 0.1) is 13.8 Å². The van der Waals surface area contributed by atoms with Crippen molar-refractivity contribution in [3.8, 4) is 0 Å². The molecule has 0 bridgehead atoms. The summed E-state index contributed by atoms with van der Waals surface area (Å²) >= 11 is 0. The van der Waals surface area contributed by atoms with Crippen molar-refractivity contribution >= 4 is 5.82 Å². The van der Waals surface area contributed by atoms with Crippen LogP contribution < -0.4 is 11.3 Å². The predicted molar refractivity (Wildman–Crippen MR) is 65.7 cm³/mol. The lowest BCUT2D eigenvalue weighted by atomic mass is 10.3.